The molecule has 2 nitrogen and oxygen atoms in total. The van der Waals surface area contributed by atoms with Gasteiger partial charge in [0, 0.05) is 12.2 Å². The standard InChI is InChI=1S/2C12H11.2C3H8O.CH2.Hf/c2*1-2-6-11(7-3-1)10-12-8-4-5-9-12;2*1-3(2)4;;/h2*1-3,6-9H,4,10H2;2*3-4H,1-2H3;1H2;. The van der Waals surface area contributed by atoms with Crippen molar-refractivity contribution in [1.82, 2.24) is 0 Å². The zero-order chi connectivity index (χ0) is 24.9. The van der Waals surface area contributed by atoms with Crippen LogP contribution in [0.2, 0.25) is 0 Å². The van der Waals surface area contributed by atoms with Crippen LogP contribution in [-0.2, 0) is 33.8 Å². The Balaban J connectivity index is 0.000000446. The van der Waals surface area contributed by atoms with E-state index in [1.54, 1.807) is 34.4 Å². The van der Waals surface area contributed by atoms with Crippen molar-refractivity contribution in [2.45, 2.75) is 65.6 Å². The van der Waals surface area contributed by atoms with Crippen LogP contribution in [0.15, 0.2) is 103 Å². The molecule has 34 heavy (non-hydrogen) atoms. The van der Waals surface area contributed by atoms with Crippen molar-refractivity contribution in [3.63, 3.8) is 0 Å². The van der Waals surface area contributed by atoms with Crippen molar-refractivity contribution in [2.24, 2.45) is 0 Å². The van der Waals surface area contributed by atoms with E-state index in [-0.39, 0.29) is 12.2 Å². The van der Waals surface area contributed by atoms with Crippen LogP contribution in [0.25, 0.3) is 0 Å². The molecule has 0 amide bonds. The van der Waals surface area contributed by atoms with E-state index in [1.807, 2.05) is 0 Å². The van der Waals surface area contributed by atoms with Crippen LogP contribution < -0.4 is 0 Å². The van der Waals surface area contributed by atoms with Gasteiger partial charge in [0.2, 0.25) is 0 Å². The number of rotatable bonds is 6. The Labute approximate surface area is 214 Å². The van der Waals surface area contributed by atoms with Crippen molar-refractivity contribution in [3.8, 4) is 0 Å². The van der Waals surface area contributed by atoms with Crippen LogP contribution in [-0.4, -0.2) is 26.7 Å². The predicted molar refractivity (Wildman–Crippen MR) is 144 cm³/mol. The number of hydrogen-bond donors (Lipinski definition) is 2. The Morgan fingerprint density at radius 2 is 1.00 bits per heavy atom. The number of aliphatic hydroxyl groups is 2. The molecule has 0 saturated heterocycles. The molecule has 0 spiro atoms. The first-order chi connectivity index (χ1) is 16.2. The average Bonchev–Trinajstić information content (AvgIpc) is 3.44. The molecule has 0 fully saturated rings. The normalized spacial score (nSPS) is 14.4. The van der Waals surface area contributed by atoms with E-state index in [9.17, 15) is 0 Å². The van der Waals surface area contributed by atoms with Gasteiger partial charge in [-0.05, 0) is 27.7 Å². The van der Waals surface area contributed by atoms with E-state index < -0.39 is 21.0 Å². The molecule has 2 aliphatic rings. The monoisotopic (exact) mass is 624 g/mol. The summed E-state index contributed by atoms with van der Waals surface area (Å²) in [5.74, 6) is 0. The molecule has 0 saturated carbocycles. The van der Waals surface area contributed by atoms with Gasteiger partial charge in [-0.25, -0.2) is 0 Å². The summed E-state index contributed by atoms with van der Waals surface area (Å²) in [6.45, 7) is 6.89. The Bertz CT molecular complexity index is 937. The zero-order valence-corrected chi connectivity index (χ0v) is 24.8. The first-order valence-electron chi connectivity index (χ1n) is 12.2. The summed E-state index contributed by atoms with van der Waals surface area (Å²) in [7, 11) is 0. The maximum absolute atomic E-state index is 8.06. The summed E-state index contributed by atoms with van der Waals surface area (Å²) in [6, 6.07) is 21.6. The van der Waals surface area contributed by atoms with Crippen LogP contribution in [0.1, 0.15) is 51.7 Å². The molecule has 0 bridgehead atoms. The first-order valence-corrected chi connectivity index (χ1v) is 18.3. The van der Waals surface area contributed by atoms with E-state index >= 15 is 0 Å². The third-order valence-electron chi connectivity index (χ3n) is 5.16. The van der Waals surface area contributed by atoms with Gasteiger partial charge in [-0.3, -0.25) is 0 Å². The van der Waals surface area contributed by atoms with Crippen molar-refractivity contribution < 1.29 is 31.2 Å². The Morgan fingerprint density at radius 1 is 0.676 bits per heavy atom. The Hall–Kier alpha value is -1.94. The molecule has 2 aromatic carbocycles. The Kier molecular flexibility index (Phi) is 12.6. The number of benzene rings is 2. The molecular formula is C31H40HfO2. The van der Waals surface area contributed by atoms with E-state index in [1.165, 1.54) is 22.3 Å². The summed E-state index contributed by atoms with van der Waals surface area (Å²) in [5.41, 5.74) is 5.76. The van der Waals surface area contributed by atoms with Crippen LogP contribution in [0.3, 0.4) is 0 Å². The number of aliphatic hydroxyl groups excluding tert-OH is 2. The fraction of sp³-hybridized carbons (Fsp3) is 0.323. The molecule has 2 aliphatic carbocycles. The Morgan fingerprint density at radius 3 is 1.32 bits per heavy atom. The summed E-state index contributed by atoms with van der Waals surface area (Å²) < 4.78 is 8.03. The molecule has 0 aromatic heterocycles. The second kappa shape index (κ2) is 15.1. The molecule has 0 atom stereocenters. The molecular weight excluding hydrogens is 583 g/mol. The van der Waals surface area contributed by atoms with Crippen molar-refractivity contribution in [2.75, 3.05) is 0 Å². The molecule has 0 unspecified atom stereocenters. The van der Waals surface area contributed by atoms with E-state index in [2.05, 4.69) is 85.0 Å². The van der Waals surface area contributed by atoms with Crippen LogP contribution in [0, 0.1) is 0 Å². The molecule has 3 heteroatoms. The molecule has 4 rings (SSSR count). The second-order valence-corrected chi connectivity index (χ2v) is 17.3. The molecule has 0 aliphatic heterocycles. The zero-order valence-electron chi connectivity index (χ0n) is 21.2. The van der Waals surface area contributed by atoms with Gasteiger partial charge in [-0.2, -0.15) is 0 Å². The average molecular weight is 623 g/mol. The fourth-order valence-electron chi connectivity index (χ4n) is 3.70. The number of hydrogen-bond acceptors (Lipinski definition) is 2. The summed E-state index contributed by atoms with van der Waals surface area (Å²) in [6.07, 6.45) is 13.8. The second-order valence-electron chi connectivity index (χ2n) is 9.30. The molecule has 0 heterocycles. The van der Waals surface area contributed by atoms with Gasteiger partial charge in [0.25, 0.3) is 0 Å². The summed E-state index contributed by atoms with van der Waals surface area (Å²) >= 11 is -2.05. The molecule has 0 radical (unpaired) electrons. The third kappa shape index (κ3) is 11.0. The van der Waals surface area contributed by atoms with Gasteiger partial charge >= 0.3 is 165 Å². The van der Waals surface area contributed by atoms with Gasteiger partial charge in [0.15, 0.2) is 0 Å². The topological polar surface area (TPSA) is 40.5 Å². The minimum absolute atomic E-state index is 0.167. The van der Waals surface area contributed by atoms with Gasteiger partial charge in [0.1, 0.15) is 0 Å². The SMILES string of the molecule is CC(C)O.CC(C)O.[CH2]=[Hf]([C]1=CC(Cc2ccccc2)=CC1)[C]1=CC(Cc2ccccc2)=CC1. The fourth-order valence-corrected chi connectivity index (χ4v) is 10.3. The molecule has 2 N–H and O–H groups in total. The van der Waals surface area contributed by atoms with Gasteiger partial charge in [0.05, 0.1) is 0 Å². The molecule has 2 aromatic rings. The van der Waals surface area contributed by atoms with Crippen LogP contribution in [0.4, 0.5) is 0 Å². The van der Waals surface area contributed by atoms with E-state index in [0.29, 0.717) is 0 Å². The van der Waals surface area contributed by atoms with Crippen LogP contribution in [0.5, 0.6) is 0 Å². The van der Waals surface area contributed by atoms with E-state index in [4.69, 9.17) is 14.5 Å². The summed E-state index contributed by atoms with van der Waals surface area (Å²) in [4.78, 5) is 0. The van der Waals surface area contributed by atoms with Gasteiger partial charge in [-0.1, -0.05) is 0 Å². The van der Waals surface area contributed by atoms with Gasteiger partial charge < -0.3 is 10.2 Å². The predicted octanol–water partition coefficient (Wildman–Crippen LogP) is 6.72. The number of allylic oxidation sites excluding steroid dienone is 8. The van der Waals surface area contributed by atoms with E-state index in [0.717, 1.165) is 25.7 Å². The quantitative estimate of drug-likeness (QED) is 0.351. The van der Waals surface area contributed by atoms with Crippen molar-refractivity contribution in [3.05, 3.63) is 114 Å². The maximum atomic E-state index is 8.06. The van der Waals surface area contributed by atoms with Gasteiger partial charge in [-0.15, -0.1) is 0 Å². The van der Waals surface area contributed by atoms with Crippen LogP contribution >= 0.6 is 0 Å². The van der Waals surface area contributed by atoms with Crippen molar-refractivity contribution >= 4 is 4.26 Å². The third-order valence-corrected chi connectivity index (χ3v) is 13.2. The summed E-state index contributed by atoms with van der Waals surface area (Å²) in [5, 5.41) is 16.1. The first kappa shape index (κ1) is 28.3. The minimum atomic E-state index is -2.05. The van der Waals surface area contributed by atoms with Crippen molar-refractivity contribution in [1.29, 1.82) is 0 Å². The molecule has 180 valence electrons.